The van der Waals surface area contributed by atoms with E-state index in [0.717, 1.165) is 16.0 Å². The summed E-state index contributed by atoms with van der Waals surface area (Å²) < 4.78 is 7.00. The van der Waals surface area contributed by atoms with Gasteiger partial charge in [0.2, 0.25) is 0 Å². The molecule has 0 unspecified atom stereocenters. The molecule has 0 saturated carbocycles. The minimum absolute atomic E-state index is 0.103. The van der Waals surface area contributed by atoms with E-state index in [1.165, 1.54) is 10.9 Å². The predicted molar refractivity (Wildman–Crippen MR) is 126 cm³/mol. The van der Waals surface area contributed by atoms with Crippen LogP contribution in [0.4, 0.5) is 5.69 Å². The van der Waals surface area contributed by atoms with Crippen molar-refractivity contribution in [3.8, 4) is 10.6 Å². The van der Waals surface area contributed by atoms with Crippen LogP contribution in [0.25, 0.3) is 32.6 Å². The smallest absolute Gasteiger partial charge is 0.336 e. The van der Waals surface area contributed by atoms with E-state index in [-0.39, 0.29) is 11.9 Å². The monoisotopic (exact) mass is 444 g/mol. The molecule has 5 rings (SSSR count). The van der Waals surface area contributed by atoms with Crippen LogP contribution in [0.2, 0.25) is 0 Å². The van der Waals surface area contributed by atoms with Crippen molar-refractivity contribution in [3.63, 3.8) is 0 Å². The molecule has 0 saturated heterocycles. The van der Waals surface area contributed by atoms with E-state index in [2.05, 4.69) is 10.4 Å². The van der Waals surface area contributed by atoms with Gasteiger partial charge in [-0.3, -0.25) is 4.79 Å². The van der Waals surface area contributed by atoms with E-state index in [0.29, 0.717) is 27.9 Å². The maximum absolute atomic E-state index is 13.3. The lowest BCUT2D eigenvalue weighted by Gasteiger charge is -2.11. The summed E-state index contributed by atoms with van der Waals surface area (Å²) in [6.07, 6.45) is 1.69. The Bertz CT molecular complexity index is 1540. The number of benzene rings is 1. The van der Waals surface area contributed by atoms with Crippen molar-refractivity contribution < 1.29 is 9.21 Å². The maximum Gasteiger partial charge on any atom is 0.336 e. The van der Waals surface area contributed by atoms with Gasteiger partial charge in [0.1, 0.15) is 5.58 Å². The molecule has 0 fully saturated rings. The molecule has 160 valence electrons. The molecule has 0 radical (unpaired) electrons. The number of pyridine rings is 1. The molecule has 32 heavy (non-hydrogen) atoms. The first kappa shape index (κ1) is 20.1. The van der Waals surface area contributed by atoms with Crippen molar-refractivity contribution in [1.29, 1.82) is 0 Å². The number of carbonyl (C=O) groups excluding carboxylic acids is 1. The SMILES string of the molecule is Cc1ccc(-c2cc(C(=O)Nc3ccc4oc(=O)ccc4c3)c3cnn(C(C)C)c3n2)s1. The van der Waals surface area contributed by atoms with Crippen LogP contribution >= 0.6 is 11.3 Å². The van der Waals surface area contributed by atoms with E-state index < -0.39 is 5.63 Å². The highest BCUT2D eigenvalue weighted by Crippen LogP contribution is 2.31. The van der Waals surface area contributed by atoms with E-state index in [9.17, 15) is 9.59 Å². The molecule has 0 aliphatic heterocycles. The topological polar surface area (TPSA) is 90.0 Å². The van der Waals surface area contributed by atoms with Crippen LogP contribution in [0, 0.1) is 6.92 Å². The van der Waals surface area contributed by atoms with Gasteiger partial charge in [0.25, 0.3) is 5.91 Å². The fourth-order valence-electron chi connectivity index (χ4n) is 3.63. The number of anilines is 1. The van der Waals surface area contributed by atoms with Crippen molar-refractivity contribution in [3.05, 3.63) is 75.6 Å². The van der Waals surface area contributed by atoms with Gasteiger partial charge in [-0.25, -0.2) is 14.5 Å². The summed E-state index contributed by atoms with van der Waals surface area (Å²) in [7, 11) is 0. The molecule has 1 amide bonds. The number of aryl methyl sites for hydroxylation is 1. The Morgan fingerprint density at radius 3 is 2.72 bits per heavy atom. The first-order valence-electron chi connectivity index (χ1n) is 10.2. The third-order valence-electron chi connectivity index (χ3n) is 5.17. The molecule has 4 aromatic heterocycles. The molecule has 7 nitrogen and oxygen atoms in total. The van der Waals surface area contributed by atoms with E-state index >= 15 is 0 Å². The highest BCUT2D eigenvalue weighted by molar-refractivity contribution is 7.15. The summed E-state index contributed by atoms with van der Waals surface area (Å²) in [4.78, 5) is 31.7. The number of carbonyl (C=O) groups is 1. The zero-order valence-electron chi connectivity index (χ0n) is 17.7. The quantitative estimate of drug-likeness (QED) is 0.375. The molecule has 4 heterocycles. The lowest BCUT2D eigenvalue weighted by atomic mass is 10.1. The summed E-state index contributed by atoms with van der Waals surface area (Å²) >= 11 is 1.63. The minimum atomic E-state index is -0.410. The van der Waals surface area contributed by atoms with Gasteiger partial charge >= 0.3 is 5.63 Å². The minimum Gasteiger partial charge on any atom is -0.423 e. The first-order valence-corrected chi connectivity index (χ1v) is 11.0. The third-order valence-corrected chi connectivity index (χ3v) is 6.19. The third kappa shape index (κ3) is 3.58. The number of thiophene rings is 1. The summed E-state index contributed by atoms with van der Waals surface area (Å²) in [5.41, 5.74) is 2.58. The molecule has 1 aromatic carbocycles. The van der Waals surface area contributed by atoms with Crippen LogP contribution in [0.15, 0.2) is 63.9 Å². The Labute approximate surface area is 187 Å². The Kier molecular flexibility index (Phi) is 4.86. The molecular weight excluding hydrogens is 424 g/mol. The lowest BCUT2D eigenvalue weighted by Crippen LogP contribution is -2.13. The van der Waals surface area contributed by atoms with Crippen molar-refractivity contribution in [2.75, 3.05) is 5.32 Å². The van der Waals surface area contributed by atoms with Crippen molar-refractivity contribution in [1.82, 2.24) is 14.8 Å². The fraction of sp³-hybridized carbons (Fsp3) is 0.167. The van der Waals surface area contributed by atoms with E-state index in [4.69, 9.17) is 9.40 Å². The highest BCUT2D eigenvalue weighted by Gasteiger charge is 2.19. The average Bonchev–Trinajstić information content (AvgIpc) is 3.39. The largest absolute Gasteiger partial charge is 0.423 e. The van der Waals surface area contributed by atoms with Gasteiger partial charge in [-0.2, -0.15) is 5.10 Å². The summed E-state index contributed by atoms with van der Waals surface area (Å²) in [5.74, 6) is -0.257. The number of aromatic nitrogens is 3. The second kappa shape index (κ2) is 7.72. The standard InChI is InChI=1S/C24H20N4O3S/c1-13(2)28-23-18(12-25-28)17(11-19(27-23)21-8-4-14(3)32-21)24(30)26-16-6-7-20-15(10-16)5-9-22(29)31-20/h4-13H,1-3H3,(H,26,30). The Morgan fingerprint density at radius 2 is 1.97 bits per heavy atom. The van der Waals surface area contributed by atoms with Crippen LogP contribution < -0.4 is 10.9 Å². The molecule has 0 aliphatic rings. The van der Waals surface area contributed by atoms with E-state index in [1.807, 2.05) is 43.7 Å². The number of nitrogens with one attached hydrogen (secondary N) is 1. The second-order valence-electron chi connectivity index (χ2n) is 7.85. The van der Waals surface area contributed by atoms with Gasteiger partial charge in [-0.15, -0.1) is 11.3 Å². The van der Waals surface area contributed by atoms with Gasteiger partial charge in [-0.1, -0.05) is 0 Å². The van der Waals surface area contributed by atoms with Crippen molar-refractivity contribution in [2.24, 2.45) is 0 Å². The Morgan fingerprint density at radius 1 is 1.12 bits per heavy atom. The van der Waals surface area contributed by atoms with Gasteiger partial charge in [-0.05, 0) is 63.2 Å². The number of nitrogens with zero attached hydrogens (tertiary/aromatic N) is 3. The van der Waals surface area contributed by atoms with Gasteiger partial charge in [0, 0.05) is 28.1 Å². The number of fused-ring (bicyclic) bond motifs is 2. The Hall–Kier alpha value is -3.78. The number of rotatable bonds is 4. The van der Waals surface area contributed by atoms with Gasteiger partial charge in [0.15, 0.2) is 5.65 Å². The lowest BCUT2D eigenvalue weighted by molar-refractivity contribution is 0.102. The van der Waals surface area contributed by atoms with Crippen LogP contribution in [0.5, 0.6) is 0 Å². The fourth-order valence-corrected chi connectivity index (χ4v) is 4.46. The zero-order chi connectivity index (χ0) is 22.4. The second-order valence-corrected chi connectivity index (χ2v) is 9.13. The molecule has 0 spiro atoms. The zero-order valence-corrected chi connectivity index (χ0v) is 18.6. The van der Waals surface area contributed by atoms with Crippen molar-refractivity contribution in [2.45, 2.75) is 26.8 Å². The summed E-state index contributed by atoms with van der Waals surface area (Å²) in [6, 6.07) is 14.2. The van der Waals surface area contributed by atoms with Crippen molar-refractivity contribution >= 4 is 44.9 Å². The number of amides is 1. The van der Waals surface area contributed by atoms with Gasteiger partial charge in [0.05, 0.1) is 27.7 Å². The molecule has 1 N–H and O–H groups in total. The molecule has 0 bridgehead atoms. The average molecular weight is 445 g/mol. The predicted octanol–water partition coefficient (Wildman–Crippen LogP) is 5.41. The summed E-state index contributed by atoms with van der Waals surface area (Å²) in [5, 5.41) is 8.85. The van der Waals surface area contributed by atoms with Crippen LogP contribution in [0.3, 0.4) is 0 Å². The number of hydrogen-bond acceptors (Lipinski definition) is 6. The highest BCUT2D eigenvalue weighted by atomic mass is 32.1. The van der Waals surface area contributed by atoms with Crippen LogP contribution in [0.1, 0.15) is 35.1 Å². The first-order chi connectivity index (χ1) is 15.4. The van der Waals surface area contributed by atoms with Crippen LogP contribution in [-0.2, 0) is 0 Å². The molecule has 8 heteroatoms. The van der Waals surface area contributed by atoms with E-state index in [1.54, 1.807) is 41.8 Å². The normalized spacial score (nSPS) is 11.5. The molecule has 0 atom stereocenters. The number of hydrogen-bond donors (Lipinski definition) is 1. The Balaban J connectivity index is 1.59. The molecule has 5 aromatic rings. The molecular formula is C24H20N4O3S. The van der Waals surface area contributed by atoms with Crippen LogP contribution in [-0.4, -0.2) is 20.7 Å². The summed E-state index contributed by atoms with van der Waals surface area (Å²) in [6.45, 7) is 6.10. The molecule has 0 aliphatic carbocycles. The van der Waals surface area contributed by atoms with Gasteiger partial charge < -0.3 is 9.73 Å². The maximum atomic E-state index is 13.3.